The van der Waals surface area contributed by atoms with Crippen molar-refractivity contribution in [2.45, 2.75) is 44.6 Å². The molecule has 0 spiro atoms. The van der Waals surface area contributed by atoms with Crippen LogP contribution in [0.5, 0.6) is 0 Å². The van der Waals surface area contributed by atoms with E-state index in [-0.39, 0.29) is 23.7 Å². The molecule has 0 saturated heterocycles. The Balaban J connectivity index is 1.60. The van der Waals surface area contributed by atoms with Crippen molar-refractivity contribution in [2.24, 2.45) is 0 Å². The van der Waals surface area contributed by atoms with Gasteiger partial charge in [0.25, 0.3) is 11.8 Å². The predicted octanol–water partition coefficient (Wildman–Crippen LogP) is 4.04. The standard InChI is InChI=1S/C22H24N4O2/c27-21(23-16-10-4-1-2-5-11-16)19-18-14-8-9-15-26(18)20(25-19)22(28)24-17-12-6-3-7-13-17/h3,6-9,12-16H,1-2,4-5,10-11H2,(H,23,27)(H,24,28). The van der Waals surface area contributed by atoms with Gasteiger partial charge in [-0.25, -0.2) is 4.98 Å². The fourth-order valence-electron chi connectivity index (χ4n) is 3.75. The van der Waals surface area contributed by atoms with Crippen LogP contribution in [0.15, 0.2) is 54.7 Å². The highest BCUT2D eigenvalue weighted by molar-refractivity contribution is 6.06. The molecule has 6 heteroatoms. The Morgan fingerprint density at radius 3 is 2.36 bits per heavy atom. The lowest BCUT2D eigenvalue weighted by Crippen LogP contribution is -2.34. The van der Waals surface area contributed by atoms with Crippen LogP contribution in [0, 0.1) is 0 Å². The number of nitrogens with one attached hydrogen (secondary N) is 2. The summed E-state index contributed by atoms with van der Waals surface area (Å²) >= 11 is 0. The Labute approximate surface area is 164 Å². The Kier molecular flexibility index (Phi) is 5.37. The van der Waals surface area contributed by atoms with Crippen molar-refractivity contribution in [3.63, 3.8) is 0 Å². The van der Waals surface area contributed by atoms with Gasteiger partial charge >= 0.3 is 0 Å². The van der Waals surface area contributed by atoms with E-state index in [2.05, 4.69) is 15.6 Å². The second-order valence-electron chi connectivity index (χ2n) is 7.22. The molecule has 1 aliphatic carbocycles. The van der Waals surface area contributed by atoms with Crippen LogP contribution in [-0.4, -0.2) is 27.2 Å². The molecule has 0 unspecified atom stereocenters. The first-order valence-corrected chi connectivity index (χ1v) is 9.87. The minimum absolute atomic E-state index is 0.178. The van der Waals surface area contributed by atoms with Crippen LogP contribution in [0.4, 0.5) is 5.69 Å². The molecule has 0 aliphatic heterocycles. The normalized spacial score (nSPS) is 15.1. The largest absolute Gasteiger partial charge is 0.348 e. The highest BCUT2D eigenvalue weighted by atomic mass is 16.2. The number of aromatic nitrogens is 2. The lowest BCUT2D eigenvalue weighted by molar-refractivity contribution is 0.0930. The van der Waals surface area contributed by atoms with Gasteiger partial charge in [0.1, 0.15) is 0 Å². The van der Waals surface area contributed by atoms with Crippen molar-refractivity contribution in [2.75, 3.05) is 5.32 Å². The lowest BCUT2D eigenvalue weighted by Gasteiger charge is -2.15. The first kappa shape index (κ1) is 18.2. The molecule has 2 N–H and O–H groups in total. The summed E-state index contributed by atoms with van der Waals surface area (Å²) in [7, 11) is 0. The van der Waals surface area contributed by atoms with Gasteiger partial charge in [-0.1, -0.05) is 49.9 Å². The van der Waals surface area contributed by atoms with Gasteiger partial charge in [-0.3, -0.25) is 14.0 Å². The molecule has 2 amide bonds. The van der Waals surface area contributed by atoms with Crippen molar-refractivity contribution in [1.29, 1.82) is 0 Å². The summed E-state index contributed by atoms with van der Waals surface area (Å²) in [5, 5.41) is 5.96. The number of hydrogen-bond acceptors (Lipinski definition) is 3. The molecule has 1 aromatic carbocycles. The quantitative estimate of drug-likeness (QED) is 0.675. The smallest absolute Gasteiger partial charge is 0.292 e. The van der Waals surface area contributed by atoms with Crippen LogP contribution in [0.3, 0.4) is 0 Å². The number of fused-ring (bicyclic) bond motifs is 1. The van der Waals surface area contributed by atoms with Gasteiger partial charge in [0.2, 0.25) is 5.82 Å². The molecular weight excluding hydrogens is 352 g/mol. The maximum absolute atomic E-state index is 12.9. The van der Waals surface area contributed by atoms with E-state index in [1.807, 2.05) is 48.5 Å². The fourth-order valence-corrected chi connectivity index (χ4v) is 3.75. The molecule has 0 radical (unpaired) electrons. The fraction of sp³-hybridized carbons (Fsp3) is 0.318. The molecular formula is C22H24N4O2. The van der Waals surface area contributed by atoms with E-state index in [4.69, 9.17) is 0 Å². The summed E-state index contributed by atoms with van der Waals surface area (Å²) in [5.74, 6) is -0.360. The molecule has 0 atom stereocenters. The summed E-state index contributed by atoms with van der Waals surface area (Å²) in [4.78, 5) is 30.1. The topological polar surface area (TPSA) is 75.5 Å². The first-order valence-electron chi connectivity index (χ1n) is 9.87. The van der Waals surface area contributed by atoms with Gasteiger partial charge in [-0.15, -0.1) is 0 Å². The number of imidazole rings is 1. The molecule has 1 aliphatic rings. The van der Waals surface area contributed by atoms with Crippen molar-refractivity contribution in [1.82, 2.24) is 14.7 Å². The van der Waals surface area contributed by atoms with E-state index in [9.17, 15) is 9.59 Å². The van der Waals surface area contributed by atoms with Gasteiger partial charge in [0, 0.05) is 17.9 Å². The molecule has 2 heterocycles. The molecule has 2 aromatic heterocycles. The summed E-state index contributed by atoms with van der Waals surface area (Å²) in [5.41, 5.74) is 1.61. The number of carbonyl (C=O) groups excluding carboxylic acids is 2. The van der Waals surface area contributed by atoms with E-state index in [0.717, 1.165) is 25.7 Å². The van der Waals surface area contributed by atoms with Crippen LogP contribution in [0.1, 0.15) is 59.6 Å². The number of nitrogens with zero attached hydrogens (tertiary/aromatic N) is 2. The third-order valence-corrected chi connectivity index (χ3v) is 5.19. The number of hydrogen-bond donors (Lipinski definition) is 2. The second-order valence-corrected chi connectivity index (χ2v) is 7.22. The minimum Gasteiger partial charge on any atom is -0.348 e. The highest BCUT2D eigenvalue weighted by Gasteiger charge is 2.23. The number of amides is 2. The average Bonchev–Trinajstić information content (AvgIpc) is 2.92. The molecule has 28 heavy (non-hydrogen) atoms. The Hall–Kier alpha value is -3.15. The number of benzene rings is 1. The van der Waals surface area contributed by atoms with Crippen molar-refractivity contribution < 1.29 is 9.59 Å². The Morgan fingerprint density at radius 2 is 1.61 bits per heavy atom. The first-order chi connectivity index (χ1) is 13.7. The zero-order chi connectivity index (χ0) is 19.3. The number of carbonyl (C=O) groups is 2. The zero-order valence-electron chi connectivity index (χ0n) is 15.7. The van der Waals surface area contributed by atoms with Gasteiger partial charge in [0.15, 0.2) is 5.69 Å². The monoisotopic (exact) mass is 376 g/mol. The molecule has 1 fully saturated rings. The van der Waals surface area contributed by atoms with E-state index >= 15 is 0 Å². The Bertz CT molecular complexity index is 973. The molecule has 1 saturated carbocycles. The maximum atomic E-state index is 12.9. The predicted molar refractivity (Wildman–Crippen MR) is 109 cm³/mol. The number of pyridine rings is 1. The molecule has 4 rings (SSSR count). The van der Waals surface area contributed by atoms with Crippen molar-refractivity contribution in [3.8, 4) is 0 Å². The molecule has 144 valence electrons. The minimum atomic E-state index is -0.346. The van der Waals surface area contributed by atoms with E-state index in [1.54, 1.807) is 10.6 Å². The highest BCUT2D eigenvalue weighted by Crippen LogP contribution is 2.19. The number of para-hydroxylation sites is 1. The van der Waals surface area contributed by atoms with Crippen molar-refractivity contribution in [3.05, 3.63) is 66.2 Å². The zero-order valence-corrected chi connectivity index (χ0v) is 15.7. The average molecular weight is 376 g/mol. The molecule has 0 bridgehead atoms. The van der Waals surface area contributed by atoms with Gasteiger partial charge in [-0.2, -0.15) is 0 Å². The van der Waals surface area contributed by atoms with E-state index in [1.165, 1.54) is 12.8 Å². The van der Waals surface area contributed by atoms with Crippen LogP contribution in [-0.2, 0) is 0 Å². The summed E-state index contributed by atoms with van der Waals surface area (Å²) in [6, 6.07) is 14.9. The van der Waals surface area contributed by atoms with Crippen LogP contribution in [0.25, 0.3) is 5.52 Å². The summed E-state index contributed by atoms with van der Waals surface area (Å²) in [6.07, 6.45) is 8.48. The van der Waals surface area contributed by atoms with Gasteiger partial charge < -0.3 is 10.6 Å². The Morgan fingerprint density at radius 1 is 0.893 bits per heavy atom. The second kappa shape index (κ2) is 8.25. The lowest BCUT2D eigenvalue weighted by atomic mass is 10.1. The number of rotatable bonds is 4. The van der Waals surface area contributed by atoms with E-state index < -0.39 is 0 Å². The third kappa shape index (κ3) is 3.91. The van der Waals surface area contributed by atoms with Crippen LogP contribution in [0.2, 0.25) is 0 Å². The van der Waals surface area contributed by atoms with Crippen LogP contribution < -0.4 is 10.6 Å². The summed E-state index contributed by atoms with van der Waals surface area (Å²) < 4.78 is 1.67. The maximum Gasteiger partial charge on any atom is 0.292 e. The number of anilines is 1. The molecule has 3 aromatic rings. The molecule has 6 nitrogen and oxygen atoms in total. The SMILES string of the molecule is O=C(NC1CCCCCC1)c1nc(C(=O)Nc2ccccc2)n2ccccc12. The van der Waals surface area contributed by atoms with E-state index in [0.29, 0.717) is 16.9 Å². The summed E-state index contributed by atoms with van der Waals surface area (Å²) in [6.45, 7) is 0. The third-order valence-electron chi connectivity index (χ3n) is 5.19. The van der Waals surface area contributed by atoms with Crippen molar-refractivity contribution >= 4 is 23.0 Å². The van der Waals surface area contributed by atoms with Gasteiger partial charge in [-0.05, 0) is 37.1 Å². The van der Waals surface area contributed by atoms with Crippen LogP contribution >= 0.6 is 0 Å². The van der Waals surface area contributed by atoms with Gasteiger partial charge in [0.05, 0.1) is 5.52 Å².